The lowest BCUT2D eigenvalue weighted by Gasteiger charge is -2.06. The molecule has 86 valence electrons. The van der Waals surface area contributed by atoms with Gasteiger partial charge in [-0.25, -0.2) is 4.79 Å². The molecule has 6 heteroatoms. The van der Waals surface area contributed by atoms with Gasteiger partial charge in [0.2, 0.25) is 5.91 Å². The first kappa shape index (κ1) is 12.4. The number of carbonyl (C=O) groups excluding carboxylic acids is 1. The van der Waals surface area contributed by atoms with Gasteiger partial charge < -0.3 is 15.5 Å². The van der Waals surface area contributed by atoms with E-state index in [1.807, 2.05) is 0 Å². The lowest BCUT2D eigenvalue weighted by atomic mass is 10.2. The van der Waals surface area contributed by atoms with Crippen LogP contribution in [0.3, 0.4) is 0 Å². The molecule has 0 heterocycles. The van der Waals surface area contributed by atoms with E-state index in [-0.39, 0.29) is 28.7 Å². The van der Waals surface area contributed by atoms with Gasteiger partial charge in [-0.2, -0.15) is 11.8 Å². The number of aromatic hydroxyl groups is 1. The Balaban J connectivity index is 2.83. The van der Waals surface area contributed by atoms with Crippen LogP contribution in [-0.4, -0.2) is 34.1 Å². The fourth-order valence-corrected chi connectivity index (χ4v) is 1.42. The van der Waals surface area contributed by atoms with Crippen molar-refractivity contribution in [3.63, 3.8) is 0 Å². The average molecular weight is 241 g/mol. The van der Waals surface area contributed by atoms with Crippen LogP contribution >= 0.6 is 11.8 Å². The second-order valence-corrected chi connectivity index (χ2v) is 3.88. The zero-order chi connectivity index (χ0) is 12.1. The molecule has 1 aromatic rings. The zero-order valence-electron chi connectivity index (χ0n) is 8.56. The fraction of sp³-hybridized carbons (Fsp3) is 0.200. The maximum absolute atomic E-state index is 11.2. The molecule has 0 bridgehead atoms. The number of anilines is 1. The minimum Gasteiger partial charge on any atom is -0.506 e. The first-order chi connectivity index (χ1) is 7.54. The number of carboxylic acid groups (broad SMARTS) is 1. The van der Waals surface area contributed by atoms with E-state index in [0.29, 0.717) is 0 Å². The number of rotatable bonds is 4. The number of hydrogen-bond acceptors (Lipinski definition) is 4. The largest absolute Gasteiger partial charge is 0.506 e. The second kappa shape index (κ2) is 5.41. The molecule has 16 heavy (non-hydrogen) atoms. The van der Waals surface area contributed by atoms with E-state index in [4.69, 9.17) is 5.11 Å². The van der Waals surface area contributed by atoms with Crippen molar-refractivity contribution in [3.8, 4) is 5.75 Å². The average Bonchev–Trinajstić information content (AvgIpc) is 2.21. The number of thioether (sulfide) groups is 1. The highest BCUT2D eigenvalue weighted by molar-refractivity contribution is 7.99. The third kappa shape index (κ3) is 3.16. The van der Waals surface area contributed by atoms with Gasteiger partial charge in [-0.15, -0.1) is 0 Å². The molecule has 0 unspecified atom stereocenters. The summed E-state index contributed by atoms with van der Waals surface area (Å²) >= 11 is 1.36. The van der Waals surface area contributed by atoms with E-state index in [1.54, 1.807) is 6.26 Å². The quantitative estimate of drug-likeness (QED) is 0.693. The van der Waals surface area contributed by atoms with Crippen LogP contribution in [0.25, 0.3) is 0 Å². The van der Waals surface area contributed by atoms with Crippen LogP contribution in [0.1, 0.15) is 10.4 Å². The third-order valence-electron chi connectivity index (χ3n) is 1.79. The van der Waals surface area contributed by atoms with Gasteiger partial charge in [0.1, 0.15) is 5.75 Å². The molecule has 0 aliphatic heterocycles. The van der Waals surface area contributed by atoms with Crippen molar-refractivity contribution < 1.29 is 19.8 Å². The van der Waals surface area contributed by atoms with E-state index in [2.05, 4.69) is 5.32 Å². The molecule has 1 aromatic carbocycles. The van der Waals surface area contributed by atoms with Crippen molar-refractivity contribution in [1.29, 1.82) is 0 Å². The summed E-state index contributed by atoms with van der Waals surface area (Å²) in [5.74, 6) is -1.35. The minimum absolute atomic E-state index is 0.0274. The Labute approximate surface area is 96.5 Å². The molecule has 0 aliphatic rings. The van der Waals surface area contributed by atoms with Crippen molar-refractivity contribution in [1.82, 2.24) is 0 Å². The predicted molar refractivity (Wildman–Crippen MR) is 62.1 cm³/mol. The van der Waals surface area contributed by atoms with Crippen LogP contribution < -0.4 is 5.32 Å². The molecule has 0 radical (unpaired) electrons. The molecule has 0 spiro atoms. The molecule has 0 atom stereocenters. The Kier molecular flexibility index (Phi) is 4.19. The van der Waals surface area contributed by atoms with E-state index in [0.717, 1.165) is 6.07 Å². The van der Waals surface area contributed by atoms with E-state index in [9.17, 15) is 14.7 Å². The first-order valence-electron chi connectivity index (χ1n) is 4.39. The summed E-state index contributed by atoms with van der Waals surface area (Å²) in [4.78, 5) is 21.8. The van der Waals surface area contributed by atoms with Gasteiger partial charge in [0.15, 0.2) is 0 Å². The summed E-state index contributed by atoms with van der Waals surface area (Å²) in [5, 5.41) is 20.6. The van der Waals surface area contributed by atoms with Crippen LogP contribution in [0.5, 0.6) is 5.75 Å². The topological polar surface area (TPSA) is 86.6 Å². The van der Waals surface area contributed by atoms with E-state index >= 15 is 0 Å². The number of carboxylic acids is 1. The Hall–Kier alpha value is -1.69. The number of phenols is 1. The number of phenolic OH excluding ortho intramolecular Hbond substituents is 1. The normalized spacial score (nSPS) is 9.81. The summed E-state index contributed by atoms with van der Waals surface area (Å²) in [7, 11) is 0. The summed E-state index contributed by atoms with van der Waals surface area (Å²) in [6, 6.07) is 3.77. The van der Waals surface area contributed by atoms with Crippen LogP contribution in [0.2, 0.25) is 0 Å². The summed E-state index contributed by atoms with van der Waals surface area (Å²) < 4.78 is 0. The summed E-state index contributed by atoms with van der Waals surface area (Å²) in [5.41, 5.74) is 0.185. The highest BCUT2D eigenvalue weighted by Gasteiger charge is 2.09. The molecule has 0 aliphatic carbocycles. The molecule has 5 nitrogen and oxygen atoms in total. The number of amides is 1. The predicted octanol–water partition coefficient (Wildman–Crippen LogP) is 1.39. The van der Waals surface area contributed by atoms with Crippen molar-refractivity contribution in [2.24, 2.45) is 0 Å². The van der Waals surface area contributed by atoms with Crippen molar-refractivity contribution in [2.75, 3.05) is 17.3 Å². The number of aromatic carboxylic acids is 1. The fourth-order valence-electron chi connectivity index (χ4n) is 1.09. The Morgan fingerprint density at radius 3 is 2.62 bits per heavy atom. The Bertz CT molecular complexity index is 419. The highest BCUT2D eigenvalue weighted by atomic mass is 32.2. The third-order valence-corrected chi connectivity index (χ3v) is 2.35. The maximum Gasteiger partial charge on any atom is 0.335 e. The number of carbonyl (C=O) groups is 2. The van der Waals surface area contributed by atoms with Gasteiger partial charge in [0, 0.05) is 0 Å². The van der Waals surface area contributed by atoms with E-state index in [1.165, 1.54) is 23.9 Å². The number of benzene rings is 1. The molecule has 0 saturated heterocycles. The number of nitrogens with one attached hydrogen (secondary N) is 1. The van der Waals surface area contributed by atoms with E-state index < -0.39 is 5.97 Å². The van der Waals surface area contributed by atoms with Crippen LogP contribution in [-0.2, 0) is 4.79 Å². The van der Waals surface area contributed by atoms with Crippen molar-refractivity contribution in [3.05, 3.63) is 23.8 Å². The molecular formula is C10H11NO4S. The Morgan fingerprint density at radius 1 is 1.44 bits per heavy atom. The minimum atomic E-state index is -1.13. The molecule has 0 aromatic heterocycles. The highest BCUT2D eigenvalue weighted by Crippen LogP contribution is 2.24. The molecule has 1 amide bonds. The molecule has 1 rings (SSSR count). The lowest BCUT2D eigenvalue weighted by Crippen LogP contribution is -2.14. The molecule has 3 N–H and O–H groups in total. The first-order valence-corrected chi connectivity index (χ1v) is 5.79. The van der Waals surface area contributed by atoms with Gasteiger partial charge in [0.05, 0.1) is 17.0 Å². The lowest BCUT2D eigenvalue weighted by molar-refractivity contribution is -0.113. The SMILES string of the molecule is CSCC(=O)Nc1ccc(C(=O)O)cc1O. The van der Waals surface area contributed by atoms with Crippen LogP contribution in [0.4, 0.5) is 5.69 Å². The van der Waals surface area contributed by atoms with Crippen LogP contribution in [0.15, 0.2) is 18.2 Å². The van der Waals surface area contributed by atoms with Gasteiger partial charge in [0.25, 0.3) is 0 Å². The van der Waals surface area contributed by atoms with Crippen molar-refractivity contribution in [2.45, 2.75) is 0 Å². The molecule has 0 fully saturated rings. The maximum atomic E-state index is 11.2. The summed E-state index contributed by atoms with van der Waals surface area (Å²) in [6.45, 7) is 0. The monoisotopic (exact) mass is 241 g/mol. The zero-order valence-corrected chi connectivity index (χ0v) is 9.37. The standard InChI is InChI=1S/C10H11NO4S/c1-16-5-9(13)11-7-3-2-6(10(14)15)4-8(7)12/h2-4,12H,5H2,1H3,(H,11,13)(H,14,15). The Morgan fingerprint density at radius 2 is 2.12 bits per heavy atom. The van der Waals surface area contributed by atoms with Gasteiger partial charge in [-0.1, -0.05) is 0 Å². The molecular weight excluding hydrogens is 230 g/mol. The summed E-state index contributed by atoms with van der Waals surface area (Å²) in [6.07, 6.45) is 1.78. The second-order valence-electron chi connectivity index (χ2n) is 3.02. The van der Waals surface area contributed by atoms with Gasteiger partial charge in [-0.3, -0.25) is 4.79 Å². The molecule has 0 saturated carbocycles. The van der Waals surface area contributed by atoms with Gasteiger partial charge >= 0.3 is 5.97 Å². The van der Waals surface area contributed by atoms with Gasteiger partial charge in [-0.05, 0) is 24.5 Å². The smallest absolute Gasteiger partial charge is 0.335 e. The van der Waals surface area contributed by atoms with Crippen molar-refractivity contribution >= 4 is 29.3 Å². The number of hydrogen-bond donors (Lipinski definition) is 3. The van der Waals surface area contributed by atoms with Crippen LogP contribution in [0, 0.1) is 0 Å².